The summed E-state index contributed by atoms with van der Waals surface area (Å²) in [5.41, 5.74) is 0.561. The highest BCUT2D eigenvalue weighted by molar-refractivity contribution is 5.65. The van der Waals surface area contributed by atoms with Gasteiger partial charge in [0.05, 0.1) is 25.1 Å². The second-order valence-corrected chi connectivity index (χ2v) is 5.99. The summed E-state index contributed by atoms with van der Waals surface area (Å²) in [4.78, 5) is 14.7. The van der Waals surface area contributed by atoms with E-state index in [1.807, 2.05) is 0 Å². The second kappa shape index (κ2) is 8.09. The Morgan fingerprint density at radius 2 is 2.19 bits per heavy atom. The topological polar surface area (TPSA) is 80.7 Å². The Bertz CT molecular complexity index is 770. The van der Waals surface area contributed by atoms with Gasteiger partial charge in [-0.15, -0.1) is 0 Å². The first-order valence-corrected chi connectivity index (χ1v) is 8.14. The normalized spacial score (nSPS) is 19.8. The van der Waals surface area contributed by atoms with Crippen molar-refractivity contribution < 1.29 is 28.2 Å². The van der Waals surface area contributed by atoms with Crippen LogP contribution in [-0.4, -0.2) is 42.0 Å². The minimum Gasteiger partial charge on any atom is -0.493 e. The molecule has 1 saturated heterocycles. The van der Waals surface area contributed by atoms with Crippen LogP contribution in [0.2, 0.25) is 0 Å². The first-order chi connectivity index (χ1) is 12.5. The number of pyridine rings is 1. The van der Waals surface area contributed by atoms with Gasteiger partial charge in [-0.05, 0) is 30.7 Å². The SMILES string of the molecule is O=C(O)NC1CCOCC1COc1ccc(-c2ccc(F)cn2)c(F)c1. The monoisotopic (exact) mass is 364 g/mol. The molecule has 2 atom stereocenters. The van der Waals surface area contributed by atoms with E-state index in [1.54, 1.807) is 6.07 Å². The predicted molar refractivity (Wildman–Crippen MR) is 89.0 cm³/mol. The average Bonchev–Trinajstić information content (AvgIpc) is 2.62. The minimum atomic E-state index is -1.09. The Hall–Kier alpha value is -2.74. The third-order valence-electron chi connectivity index (χ3n) is 4.19. The zero-order valence-corrected chi connectivity index (χ0v) is 13.8. The fourth-order valence-corrected chi connectivity index (χ4v) is 2.84. The molecule has 1 aliphatic heterocycles. The molecule has 2 unspecified atom stereocenters. The molecule has 3 rings (SSSR count). The molecule has 0 spiro atoms. The Morgan fingerprint density at radius 3 is 2.88 bits per heavy atom. The summed E-state index contributed by atoms with van der Waals surface area (Å²) < 4.78 is 38.2. The van der Waals surface area contributed by atoms with Gasteiger partial charge in [-0.2, -0.15) is 0 Å². The van der Waals surface area contributed by atoms with Gasteiger partial charge >= 0.3 is 6.09 Å². The summed E-state index contributed by atoms with van der Waals surface area (Å²) in [7, 11) is 0. The second-order valence-electron chi connectivity index (χ2n) is 5.99. The van der Waals surface area contributed by atoms with E-state index in [-0.39, 0.29) is 24.1 Å². The van der Waals surface area contributed by atoms with Gasteiger partial charge in [-0.1, -0.05) is 0 Å². The summed E-state index contributed by atoms with van der Waals surface area (Å²) in [6, 6.07) is 6.67. The van der Waals surface area contributed by atoms with Gasteiger partial charge in [0.2, 0.25) is 0 Å². The number of halogens is 2. The zero-order valence-electron chi connectivity index (χ0n) is 13.8. The quantitative estimate of drug-likeness (QED) is 0.852. The van der Waals surface area contributed by atoms with Crippen molar-refractivity contribution in [3.05, 3.63) is 48.2 Å². The van der Waals surface area contributed by atoms with Crippen LogP contribution in [0, 0.1) is 17.6 Å². The highest BCUT2D eigenvalue weighted by Gasteiger charge is 2.27. The molecular formula is C18H18F2N2O4. The Kier molecular flexibility index (Phi) is 5.62. The van der Waals surface area contributed by atoms with Crippen LogP contribution in [0.15, 0.2) is 36.5 Å². The number of nitrogens with zero attached hydrogens (tertiary/aromatic N) is 1. The molecule has 26 heavy (non-hydrogen) atoms. The van der Waals surface area contributed by atoms with E-state index in [4.69, 9.17) is 14.6 Å². The molecule has 0 radical (unpaired) electrons. The van der Waals surface area contributed by atoms with Crippen LogP contribution in [0.3, 0.4) is 0 Å². The summed E-state index contributed by atoms with van der Waals surface area (Å²) >= 11 is 0. The smallest absolute Gasteiger partial charge is 0.404 e. The minimum absolute atomic E-state index is 0.165. The highest BCUT2D eigenvalue weighted by Crippen LogP contribution is 2.26. The molecule has 1 aromatic carbocycles. The lowest BCUT2D eigenvalue weighted by atomic mass is 9.97. The fraction of sp³-hybridized carbons (Fsp3) is 0.333. The fourth-order valence-electron chi connectivity index (χ4n) is 2.84. The maximum Gasteiger partial charge on any atom is 0.404 e. The summed E-state index contributed by atoms with van der Waals surface area (Å²) in [5, 5.41) is 11.3. The van der Waals surface area contributed by atoms with E-state index < -0.39 is 17.7 Å². The molecule has 6 nitrogen and oxygen atoms in total. The van der Waals surface area contributed by atoms with Gasteiger partial charge in [0.1, 0.15) is 17.4 Å². The van der Waals surface area contributed by atoms with Crippen molar-refractivity contribution in [3.63, 3.8) is 0 Å². The third kappa shape index (κ3) is 4.45. The number of carbonyl (C=O) groups is 1. The standard InChI is InChI=1S/C18H18F2N2O4/c19-12-1-4-17(21-8-12)14-3-2-13(7-15(14)20)26-10-11-9-25-6-5-16(11)22-18(23)24/h1-4,7-8,11,16,22H,5-6,9-10H2,(H,23,24). The van der Waals surface area contributed by atoms with E-state index in [0.29, 0.717) is 31.1 Å². The molecule has 1 aromatic heterocycles. The molecule has 2 N–H and O–H groups in total. The number of hydrogen-bond acceptors (Lipinski definition) is 4. The van der Waals surface area contributed by atoms with Crippen molar-refractivity contribution in [1.29, 1.82) is 0 Å². The van der Waals surface area contributed by atoms with Crippen LogP contribution in [0.4, 0.5) is 13.6 Å². The van der Waals surface area contributed by atoms with E-state index in [0.717, 1.165) is 6.20 Å². The molecule has 1 amide bonds. The lowest BCUT2D eigenvalue weighted by molar-refractivity contribution is 0.0139. The maximum absolute atomic E-state index is 14.3. The van der Waals surface area contributed by atoms with Gasteiger partial charge in [0, 0.05) is 30.2 Å². The lowest BCUT2D eigenvalue weighted by Crippen LogP contribution is -2.47. The lowest BCUT2D eigenvalue weighted by Gasteiger charge is -2.31. The van der Waals surface area contributed by atoms with Crippen LogP contribution >= 0.6 is 0 Å². The summed E-state index contributed by atoms with van der Waals surface area (Å²) in [5.74, 6) is -0.885. The van der Waals surface area contributed by atoms with Crippen LogP contribution in [0.5, 0.6) is 5.75 Å². The van der Waals surface area contributed by atoms with E-state index in [9.17, 15) is 13.6 Å². The first-order valence-electron chi connectivity index (χ1n) is 8.14. The Morgan fingerprint density at radius 1 is 1.35 bits per heavy atom. The van der Waals surface area contributed by atoms with Crippen molar-refractivity contribution in [1.82, 2.24) is 10.3 Å². The van der Waals surface area contributed by atoms with Crippen LogP contribution in [0.1, 0.15) is 6.42 Å². The van der Waals surface area contributed by atoms with E-state index in [1.165, 1.54) is 24.3 Å². The van der Waals surface area contributed by atoms with Crippen molar-refractivity contribution >= 4 is 6.09 Å². The summed E-state index contributed by atoms with van der Waals surface area (Å²) in [6.07, 6.45) is 0.492. The highest BCUT2D eigenvalue weighted by atomic mass is 19.1. The van der Waals surface area contributed by atoms with Crippen molar-refractivity contribution in [2.75, 3.05) is 19.8 Å². The molecule has 2 heterocycles. The van der Waals surface area contributed by atoms with Gasteiger partial charge in [-0.3, -0.25) is 4.98 Å². The number of carboxylic acid groups (broad SMARTS) is 1. The summed E-state index contributed by atoms with van der Waals surface area (Å²) in [6.45, 7) is 1.04. The Labute approximate surface area is 148 Å². The Balaban J connectivity index is 1.65. The average molecular weight is 364 g/mol. The number of hydrogen-bond donors (Lipinski definition) is 2. The molecule has 1 fully saturated rings. The largest absolute Gasteiger partial charge is 0.493 e. The molecule has 1 aliphatic rings. The molecule has 0 saturated carbocycles. The number of benzene rings is 1. The number of ether oxygens (including phenoxy) is 2. The molecule has 8 heteroatoms. The number of rotatable bonds is 5. The van der Waals surface area contributed by atoms with E-state index >= 15 is 0 Å². The maximum atomic E-state index is 14.3. The first kappa shape index (κ1) is 18.1. The van der Waals surface area contributed by atoms with Gasteiger partial charge < -0.3 is 19.9 Å². The van der Waals surface area contributed by atoms with Crippen LogP contribution in [0.25, 0.3) is 11.3 Å². The third-order valence-corrected chi connectivity index (χ3v) is 4.19. The van der Waals surface area contributed by atoms with Crippen molar-refractivity contribution in [2.45, 2.75) is 12.5 Å². The van der Waals surface area contributed by atoms with Crippen molar-refractivity contribution in [3.8, 4) is 17.0 Å². The van der Waals surface area contributed by atoms with Crippen LogP contribution < -0.4 is 10.1 Å². The number of nitrogens with one attached hydrogen (secondary N) is 1. The number of aromatic nitrogens is 1. The zero-order chi connectivity index (χ0) is 18.5. The van der Waals surface area contributed by atoms with Crippen LogP contribution in [-0.2, 0) is 4.74 Å². The van der Waals surface area contributed by atoms with Gasteiger partial charge in [-0.25, -0.2) is 13.6 Å². The number of amides is 1. The molecule has 138 valence electrons. The van der Waals surface area contributed by atoms with E-state index in [2.05, 4.69) is 10.3 Å². The molecule has 2 aromatic rings. The van der Waals surface area contributed by atoms with Crippen molar-refractivity contribution in [2.24, 2.45) is 5.92 Å². The molecule has 0 aliphatic carbocycles. The van der Waals surface area contributed by atoms with Gasteiger partial charge in [0.25, 0.3) is 0 Å². The van der Waals surface area contributed by atoms with Gasteiger partial charge in [0.15, 0.2) is 0 Å². The molecular weight excluding hydrogens is 346 g/mol. The molecule has 0 bridgehead atoms. The predicted octanol–water partition coefficient (Wildman–Crippen LogP) is 3.08.